The van der Waals surface area contributed by atoms with E-state index in [1.54, 1.807) is 11.8 Å². The van der Waals surface area contributed by atoms with Gasteiger partial charge in [0.25, 0.3) is 5.91 Å². The van der Waals surface area contributed by atoms with Crippen LogP contribution in [0.4, 0.5) is 5.69 Å². The summed E-state index contributed by atoms with van der Waals surface area (Å²) in [6.07, 6.45) is 0.790. The minimum absolute atomic E-state index is 0.0358. The van der Waals surface area contributed by atoms with Gasteiger partial charge in [-0.05, 0) is 42.7 Å². The number of benzene rings is 2. The van der Waals surface area contributed by atoms with Crippen LogP contribution in [-0.4, -0.2) is 67.0 Å². The molecule has 31 heavy (non-hydrogen) atoms. The van der Waals surface area contributed by atoms with Crippen molar-refractivity contribution < 1.29 is 14.3 Å². The highest BCUT2D eigenvalue weighted by molar-refractivity contribution is 5.98. The molecule has 4 rings (SSSR count). The summed E-state index contributed by atoms with van der Waals surface area (Å²) >= 11 is 0. The van der Waals surface area contributed by atoms with Gasteiger partial charge in [-0.2, -0.15) is 0 Å². The van der Waals surface area contributed by atoms with E-state index in [4.69, 9.17) is 4.74 Å². The summed E-state index contributed by atoms with van der Waals surface area (Å²) in [5.74, 6) is 0.0800. The summed E-state index contributed by atoms with van der Waals surface area (Å²) in [4.78, 5) is 31.6. The topological polar surface area (TPSA) is 53.1 Å². The second-order valence-corrected chi connectivity index (χ2v) is 8.44. The third-order valence-electron chi connectivity index (χ3n) is 6.22. The first kappa shape index (κ1) is 21.5. The number of morpholine rings is 1. The summed E-state index contributed by atoms with van der Waals surface area (Å²) in [6.45, 7) is 9.09. The van der Waals surface area contributed by atoms with Crippen LogP contribution in [0, 0.1) is 0 Å². The van der Waals surface area contributed by atoms with E-state index in [9.17, 15) is 9.59 Å². The number of anilines is 1. The number of carbonyl (C=O) groups is 2. The first-order chi connectivity index (χ1) is 15.0. The van der Waals surface area contributed by atoms with E-state index in [1.807, 2.05) is 41.3 Å². The van der Waals surface area contributed by atoms with Crippen molar-refractivity contribution in [1.29, 1.82) is 0 Å². The Labute approximate surface area is 184 Å². The molecule has 1 atom stereocenters. The van der Waals surface area contributed by atoms with Gasteiger partial charge in [0.15, 0.2) is 0 Å². The van der Waals surface area contributed by atoms with Crippen molar-refractivity contribution in [3.8, 4) is 0 Å². The zero-order valence-electron chi connectivity index (χ0n) is 18.4. The zero-order chi connectivity index (χ0) is 21.8. The van der Waals surface area contributed by atoms with Crippen molar-refractivity contribution in [2.75, 3.05) is 44.3 Å². The normalized spacial score (nSPS) is 17.3. The molecule has 1 unspecified atom stereocenters. The third-order valence-corrected chi connectivity index (χ3v) is 6.22. The minimum Gasteiger partial charge on any atom is -0.379 e. The number of ether oxygens (including phenoxy) is 1. The lowest BCUT2D eigenvalue weighted by Gasteiger charge is -2.35. The maximum atomic E-state index is 13.6. The lowest BCUT2D eigenvalue weighted by atomic mass is 10.1. The van der Waals surface area contributed by atoms with E-state index in [0.717, 1.165) is 56.1 Å². The quantitative estimate of drug-likeness (QED) is 0.720. The molecule has 6 heteroatoms. The van der Waals surface area contributed by atoms with Gasteiger partial charge in [0.1, 0.15) is 0 Å². The molecule has 2 aliphatic heterocycles. The SMILES string of the molecule is CC(=O)N1CCc2cc(C(=O)N(Cc3ccccc3)C(C)CN3CCOCC3)ccc21. The molecule has 1 fully saturated rings. The number of amides is 2. The lowest BCUT2D eigenvalue weighted by molar-refractivity contribution is -0.116. The fourth-order valence-electron chi connectivity index (χ4n) is 4.49. The smallest absolute Gasteiger partial charge is 0.254 e. The van der Waals surface area contributed by atoms with Gasteiger partial charge in [0.05, 0.1) is 13.2 Å². The fourth-order valence-corrected chi connectivity index (χ4v) is 4.49. The molecule has 2 aromatic carbocycles. The standard InChI is InChI=1S/C25H31N3O3/c1-19(17-26-12-14-31-15-13-26)28(18-21-6-4-3-5-7-21)25(30)23-8-9-24-22(16-23)10-11-27(24)20(2)29/h3-9,16,19H,10-15,17-18H2,1-2H3. The van der Waals surface area contributed by atoms with Crippen LogP contribution in [0.15, 0.2) is 48.5 Å². The van der Waals surface area contributed by atoms with Gasteiger partial charge in [-0.25, -0.2) is 0 Å². The Kier molecular flexibility index (Phi) is 6.68. The van der Waals surface area contributed by atoms with Crippen molar-refractivity contribution in [2.24, 2.45) is 0 Å². The Bertz CT molecular complexity index is 925. The molecule has 2 aliphatic rings. The van der Waals surface area contributed by atoms with Crippen molar-refractivity contribution >= 4 is 17.5 Å². The van der Waals surface area contributed by atoms with Crippen LogP contribution in [0.5, 0.6) is 0 Å². The highest BCUT2D eigenvalue weighted by Crippen LogP contribution is 2.29. The first-order valence-electron chi connectivity index (χ1n) is 11.1. The predicted molar refractivity (Wildman–Crippen MR) is 121 cm³/mol. The van der Waals surface area contributed by atoms with E-state index < -0.39 is 0 Å². The Morgan fingerprint density at radius 2 is 1.81 bits per heavy atom. The molecule has 2 aromatic rings. The van der Waals surface area contributed by atoms with Gasteiger partial charge in [-0.1, -0.05) is 30.3 Å². The van der Waals surface area contributed by atoms with Gasteiger partial charge in [0, 0.05) is 56.9 Å². The van der Waals surface area contributed by atoms with Crippen LogP contribution in [-0.2, 0) is 22.5 Å². The van der Waals surface area contributed by atoms with Crippen LogP contribution < -0.4 is 4.90 Å². The second kappa shape index (κ2) is 9.62. The highest BCUT2D eigenvalue weighted by atomic mass is 16.5. The van der Waals surface area contributed by atoms with E-state index >= 15 is 0 Å². The van der Waals surface area contributed by atoms with Crippen molar-refractivity contribution in [3.05, 3.63) is 65.2 Å². The molecule has 2 amide bonds. The van der Waals surface area contributed by atoms with Gasteiger partial charge >= 0.3 is 0 Å². The van der Waals surface area contributed by atoms with Gasteiger partial charge in [-0.3, -0.25) is 14.5 Å². The van der Waals surface area contributed by atoms with Crippen LogP contribution in [0.3, 0.4) is 0 Å². The molecule has 0 saturated carbocycles. The van der Waals surface area contributed by atoms with Crippen LogP contribution in [0.2, 0.25) is 0 Å². The van der Waals surface area contributed by atoms with Crippen molar-refractivity contribution in [1.82, 2.24) is 9.80 Å². The third kappa shape index (κ3) is 4.97. The summed E-state index contributed by atoms with van der Waals surface area (Å²) < 4.78 is 5.47. The van der Waals surface area contributed by atoms with Gasteiger partial charge in [-0.15, -0.1) is 0 Å². The van der Waals surface area contributed by atoms with Crippen molar-refractivity contribution in [3.63, 3.8) is 0 Å². The van der Waals surface area contributed by atoms with Crippen molar-refractivity contribution in [2.45, 2.75) is 32.9 Å². The lowest BCUT2D eigenvalue weighted by Crippen LogP contribution is -2.48. The summed E-state index contributed by atoms with van der Waals surface area (Å²) in [5.41, 5.74) is 3.81. The van der Waals surface area contributed by atoms with Crippen LogP contribution in [0.25, 0.3) is 0 Å². The Morgan fingerprint density at radius 3 is 2.52 bits per heavy atom. The van der Waals surface area contributed by atoms with E-state index in [-0.39, 0.29) is 17.9 Å². The molecule has 164 valence electrons. The van der Waals surface area contributed by atoms with Crippen LogP contribution >= 0.6 is 0 Å². The minimum atomic E-state index is 0.0358. The average Bonchev–Trinajstić information content (AvgIpc) is 3.22. The number of nitrogens with zero attached hydrogens (tertiary/aromatic N) is 3. The Hall–Kier alpha value is -2.70. The maximum Gasteiger partial charge on any atom is 0.254 e. The maximum absolute atomic E-state index is 13.6. The Balaban J connectivity index is 1.56. The molecule has 1 saturated heterocycles. The molecule has 0 bridgehead atoms. The Morgan fingerprint density at radius 1 is 1.06 bits per heavy atom. The number of fused-ring (bicyclic) bond motifs is 1. The largest absolute Gasteiger partial charge is 0.379 e. The monoisotopic (exact) mass is 421 g/mol. The van der Waals surface area contributed by atoms with E-state index in [1.165, 1.54) is 0 Å². The second-order valence-electron chi connectivity index (χ2n) is 8.44. The van der Waals surface area contributed by atoms with Gasteiger partial charge in [0.2, 0.25) is 5.91 Å². The molecule has 0 aromatic heterocycles. The molecule has 2 heterocycles. The van der Waals surface area contributed by atoms with E-state index in [0.29, 0.717) is 18.7 Å². The molecule has 0 aliphatic carbocycles. The highest BCUT2D eigenvalue weighted by Gasteiger charge is 2.27. The zero-order valence-corrected chi connectivity index (χ0v) is 18.4. The first-order valence-corrected chi connectivity index (χ1v) is 11.1. The fraction of sp³-hybridized carbons (Fsp3) is 0.440. The summed E-state index contributed by atoms with van der Waals surface area (Å²) in [6, 6.07) is 16.0. The van der Waals surface area contributed by atoms with Gasteiger partial charge < -0.3 is 14.5 Å². The molecule has 0 N–H and O–H groups in total. The average molecular weight is 422 g/mol. The van der Waals surface area contributed by atoms with E-state index in [2.05, 4.69) is 24.0 Å². The molecule has 0 spiro atoms. The summed E-state index contributed by atoms with van der Waals surface area (Å²) in [7, 11) is 0. The molecular formula is C25H31N3O3. The number of hydrogen-bond acceptors (Lipinski definition) is 4. The van der Waals surface area contributed by atoms with Crippen LogP contribution in [0.1, 0.15) is 35.3 Å². The molecular weight excluding hydrogens is 390 g/mol. The number of carbonyl (C=O) groups excluding carboxylic acids is 2. The number of rotatable bonds is 6. The molecule has 6 nitrogen and oxygen atoms in total. The predicted octanol–water partition coefficient (Wildman–Crippen LogP) is 2.96. The summed E-state index contributed by atoms with van der Waals surface area (Å²) in [5, 5.41) is 0. The number of hydrogen-bond donors (Lipinski definition) is 0. The molecule has 0 radical (unpaired) electrons.